The van der Waals surface area contributed by atoms with Crippen molar-refractivity contribution in [3.05, 3.63) is 0 Å². The Labute approximate surface area is 122 Å². The molecule has 1 atom stereocenters. The molecule has 1 heterocycles. The van der Waals surface area contributed by atoms with Crippen molar-refractivity contribution in [2.45, 2.75) is 51.6 Å². The van der Waals surface area contributed by atoms with Crippen molar-refractivity contribution in [1.29, 1.82) is 0 Å². The summed E-state index contributed by atoms with van der Waals surface area (Å²) in [5, 5.41) is 3.16. The third-order valence-electron chi connectivity index (χ3n) is 3.98. The normalized spacial score (nSPS) is 25.6. The maximum Gasteiger partial charge on any atom is 0.224 e. The molecule has 1 aliphatic heterocycles. The van der Waals surface area contributed by atoms with Crippen molar-refractivity contribution in [1.82, 2.24) is 10.2 Å². The second kappa shape index (κ2) is 6.43. The summed E-state index contributed by atoms with van der Waals surface area (Å²) in [5.74, 6) is 0.985. The number of rotatable bonds is 6. The first kappa shape index (κ1) is 15.8. The van der Waals surface area contributed by atoms with Crippen LogP contribution >= 0.6 is 0 Å². The molecular weight excluding hydrogens is 276 g/mol. The van der Waals surface area contributed by atoms with Crippen molar-refractivity contribution < 1.29 is 13.2 Å². The molecule has 5 nitrogen and oxygen atoms in total. The van der Waals surface area contributed by atoms with Gasteiger partial charge in [0, 0.05) is 31.6 Å². The summed E-state index contributed by atoms with van der Waals surface area (Å²) >= 11 is 0. The Balaban J connectivity index is 1.88. The average molecular weight is 302 g/mol. The molecule has 6 heteroatoms. The maximum atomic E-state index is 12.4. The molecule has 2 fully saturated rings. The molecule has 2 rings (SSSR count). The zero-order valence-electron chi connectivity index (χ0n) is 12.5. The summed E-state index contributed by atoms with van der Waals surface area (Å²) in [4.78, 5) is 14.4. The molecule has 116 valence electrons. The van der Waals surface area contributed by atoms with Gasteiger partial charge in [-0.1, -0.05) is 13.8 Å². The predicted octanol–water partition coefficient (Wildman–Crippen LogP) is 0.800. The molecule has 20 heavy (non-hydrogen) atoms. The SMILES string of the molecule is CC(C)CCN(C(=O)CC1CS(=O)(=O)CCN1)C1CC1. The minimum Gasteiger partial charge on any atom is -0.340 e. The minimum atomic E-state index is -2.97. The average Bonchev–Trinajstić information content (AvgIpc) is 3.11. The van der Waals surface area contributed by atoms with E-state index in [0.717, 1.165) is 25.8 Å². The van der Waals surface area contributed by atoms with E-state index < -0.39 is 9.84 Å². The molecule has 0 aromatic carbocycles. The fourth-order valence-electron chi connectivity index (χ4n) is 2.62. The monoisotopic (exact) mass is 302 g/mol. The van der Waals surface area contributed by atoms with Crippen LogP contribution in [0.25, 0.3) is 0 Å². The molecule has 0 aromatic heterocycles. The van der Waals surface area contributed by atoms with Crippen LogP contribution < -0.4 is 5.32 Å². The van der Waals surface area contributed by atoms with Gasteiger partial charge in [0.25, 0.3) is 0 Å². The summed E-state index contributed by atoms with van der Waals surface area (Å²) in [6.07, 6.45) is 3.52. The van der Waals surface area contributed by atoms with Gasteiger partial charge in [-0.15, -0.1) is 0 Å². The fraction of sp³-hybridized carbons (Fsp3) is 0.929. The highest BCUT2D eigenvalue weighted by atomic mass is 32.2. The lowest BCUT2D eigenvalue weighted by Gasteiger charge is -2.28. The van der Waals surface area contributed by atoms with Crippen LogP contribution in [0.4, 0.5) is 0 Å². The maximum absolute atomic E-state index is 12.4. The molecule has 1 N–H and O–H groups in total. The van der Waals surface area contributed by atoms with E-state index in [4.69, 9.17) is 0 Å². The van der Waals surface area contributed by atoms with Crippen LogP contribution in [0.15, 0.2) is 0 Å². The predicted molar refractivity (Wildman–Crippen MR) is 79.3 cm³/mol. The van der Waals surface area contributed by atoms with E-state index in [1.54, 1.807) is 0 Å². The molecule has 2 aliphatic rings. The van der Waals surface area contributed by atoms with Crippen LogP contribution in [0.2, 0.25) is 0 Å². The van der Waals surface area contributed by atoms with E-state index in [1.807, 2.05) is 4.90 Å². The third kappa shape index (κ3) is 4.74. The van der Waals surface area contributed by atoms with Crippen molar-refractivity contribution >= 4 is 15.7 Å². The number of nitrogens with one attached hydrogen (secondary N) is 1. The molecule has 0 aromatic rings. The van der Waals surface area contributed by atoms with Crippen LogP contribution in [0, 0.1) is 5.92 Å². The van der Waals surface area contributed by atoms with Gasteiger partial charge in [0.1, 0.15) is 0 Å². The van der Waals surface area contributed by atoms with Gasteiger partial charge >= 0.3 is 0 Å². The van der Waals surface area contributed by atoms with Gasteiger partial charge in [0.15, 0.2) is 9.84 Å². The first-order valence-electron chi connectivity index (χ1n) is 7.60. The number of hydrogen-bond acceptors (Lipinski definition) is 4. The fourth-order valence-corrected chi connectivity index (χ4v) is 4.07. The molecule has 1 amide bonds. The molecule has 0 radical (unpaired) electrons. The third-order valence-corrected chi connectivity index (χ3v) is 5.71. The van der Waals surface area contributed by atoms with Gasteiger partial charge in [-0.3, -0.25) is 4.79 Å². The van der Waals surface area contributed by atoms with Crippen molar-refractivity contribution in [2.24, 2.45) is 5.92 Å². The number of carbonyl (C=O) groups is 1. The molecule has 1 saturated heterocycles. The highest BCUT2D eigenvalue weighted by Gasteiger charge is 2.34. The molecular formula is C14H26N2O3S. The number of carbonyl (C=O) groups excluding carboxylic acids is 1. The van der Waals surface area contributed by atoms with Gasteiger partial charge in [0.2, 0.25) is 5.91 Å². The Hall–Kier alpha value is -0.620. The highest BCUT2D eigenvalue weighted by molar-refractivity contribution is 7.91. The topological polar surface area (TPSA) is 66.5 Å². The van der Waals surface area contributed by atoms with Gasteiger partial charge < -0.3 is 10.2 Å². The van der Waals surface area contributed by atoms with Gasteiger partial charge in [-0.2, -0.15) is 0 Å². The van der Waals surface area contributed by atoms with E-state index in [-0.39, 0.29) is 23.5 Å². The molecule has 0 bridgehead atoms. The van der Waals surface area contributed by atoms with Crippen LogP contribution in [0.3, 0.4) is 0 Å². The number of amides is 1. The molecule has 1 aliphatic carbocycles. The Bertz CT molecular complexity index is 443. The molecule has 0 spiro atoms. The number of nitrogens with zero attached hydrogens (tertiary/aromatic N) is 1. The van der Waals surface area contributed by atoms with E-state index in [1.165, 1.54) is 0 Å². The standard InChI is InChI=1S/C14H26N2O3S/c1-11(2)5-7-16(13-3-4-13)14(17)9-12-10-20(18,19)8-6-15-12/h11-13,15H,3-10H2,1-2H3. The Morgan fingerprint density at radius 2 is 2.05 bits per heavy atom. The van der Waals surface area contributed by atoms with E-state index >= 15 is 0 Å². The zero-order chi connectivity index (χ0) is 14.8. The smallest absolute Gasteiger partial charge is 0.224 e. The minimum absolute atomic E-state index is 0.0986. The Morgan fingerprint density at radius 1 is 1.35 bits per heavy atom. The summed E-state index contributed by atoms with van der Waals surface area (Å²) in [5.41, 5.74) is 0. The highest BCUT2D eigenvalue weighted by Crippen LogP contribution is 2.28. The summed E-state index contributed by atoms with van der Waals surface area (Å²) in [7, 11) is -2.97. The molecule has 1 unspecified atom stereocenters. The Kier molecular flexibility index (Phi) is 5.07. The van der Waals surface area contributed by atoms with Crippen LogP contribution in [-0.2, 0) is 14.6 Å². The summed E-state index contributed by atoms with van der Waals surface area (Å²) in [6.45, 7) is 5.59. The van der Waals surface area contributed by atoms with Crippen molar-refractivity contribution in [3.63, 3.8) is 0 Å². The second-order valence-electron chi connectivity index (χ2n) is 6.47. The first-order chi connectivity index (χ1) is 9.37. The van der Waals surface area contributed by atoms with Crippen LogP contribution in [-0.4, -0.2) is 55.9 Å². The first-order valence-corrected chi connectivity index (χ1v) is 9.43. The zero-order valence-corrected chi connectivity index (χ0v) is 13.3. The summed E-state index contributed by atoms with van der Waals surface area (Å²) in [6, 6.07) is 0.197. The lowest BCUT2D eigenvalue weighted by molar-refractivity contribution is -0.132. The van der Waals surface area contributed by atoms with Crippen molar-refractivity contribution in [2.75, 3.05) is 24.6 Å². The van der Waals surface area contributed by atoms with Gasteiger partial charge in [-0.25, -0.2) is 8.42 Å². The van der Waals surface area contributed by atoms with E-state index in [0.29, 0.717) is 24.9 Å². The quantitative estimate of drug-likeness (QED) is 0.788. The number of sulfone groups is 1. The van der Waals surface area contributed by atoms with Crippen molar-refractivity contribution in [3.8, 4) is 0 Å². The van der Waals surface area contributed by atoms with E-state index in [2.05, 4.69) is 19.2 Å². The van der Waals surface area contributed by atoms with E-state index in [9.17, 15) is 13.2 Å². The van der Waals surface area contributed by atoms with Crippen LogP contribution in [0.1, 0.15) is 39.5 Å². The lowest BCUT2D eigenvalue weighted by Crippen LogP contribution is -2.48. The Morgan fingerprint density at radius 3 is 2.60 bits per heavy atom. The second-order valence-corrected chi connectivity index (χ2v) is 8.70. The largest absolute Gasteiger partial charge is 0.340 e. The number of hydrogen-bond donors (Lipinski definition) is 1. The van der Waals surface area contributed by atoms with Gasteiger partial charge in [-0.05, 0) is 25.2 Å². The van der Waals surface area contributed by atoms with Gasteiger partial charge in [0.05, 0.1) is 11.5 Å². The summed E-state index contributed by atoms with van der Waals surface area (Å²) < 4.78 is 23.2. The molecule has 1 saturated carbocycles. The lowest BCUT2D eigenvalue weighted by atomic mass is 10.1. The van der Waals surface area contributed by atoms with Crippen LogP contribution in [0.5, 0.6) is 0 Å².